The first-order chi connectivity index (χ1) is 13.5. The van der Waals surface area contributed by atoms with Gasteiger partial charge in [-0.15, -0.1) is 0 Å². The van der Waals surface area contributed by atoms with Gasteiger partial charge in [0.15, 0.2) is 11.7 Å². The Bertz CT molecular complexity index is 1180. The van der Waals surface area contributed by atoms with E-state index in [9.17, 15) is 9.59 Å². The molecule has 0 unspecified atom stereocenters. The number of carbonyl (C=O) groups excluding carboxylic acids is 2. The summed E-state index contributed by atoms with van der Waals surface area (Å²) in [6.07, 6.45) is 1.71. The van der Waals surface area contributed by atoms with Crippen LogP contribution in [0.5, 0.6) is 0 Å². The molecule has 0 amide bonds. The summed E-state index contributed by atoms with van der Waals surface area (Å²) in [5.74, 6) is -0.594. The van der Waals surface area contributed by atoms with Crippen molar-refractivity contribution in [1.82, 2.24) is 9.97 Å². The highest BCUT2D eigenvalue weighted by molar-refractivity contribution is 6.11. The average molecular weight is 374 g/mol. The number of hydrogen-bond acceptors (Lipinski definition) is 5. The molecule has 0 aliphatic rings. The second kappa shape index (κ2) is 7.15. The molecule has 2 aromatic heterocycles. The number of H-pyrrole nitrogens is 1. The lowest BCUT2D eigenvalue weighted by atomic mass is 10.0. The normalized spacial score (nSPS) is 12.6. The van der Waals surface area contributed by atoms with E-state index in [2.05, 4.69) is 9.97 Å². The number of carbonyl (C=O) groups is 2. The lowest BCUT2D eigenvalue weighted by Gasteiger charge is -2.11. The van der Waals surface area contributed by atoms with Crippen LogP contribution < -0.4 is 0 Å². The Hall–Kier alpha value is -3.67. The molecule has 0 aliphatic heterocycles. The molecule has 0 saturated carbocycles. The molecule has 0 aliphatic carbocycles. The van der Waals surface area contributed by atoms with E-state index in [0.717, 1.165) is 16.6 Å². The highest BCUT2D eigenvalue weighted by atomic mass is 16.5. The van der Waals surface area contributed by atoms with Crippen LogP contribution in [0.2, 0.25) is 0 Å². The van der Waals surface area contributed by atoms with E-state index < -0.39 is 12.1 Å². The van der Waals surface area contributed by atoms with Crippen molar-refractivity contribution in [3.8, 4) is 0 Å². The Kier molecular flexibility index (Phi) is 4.53. The van der Waals surface area contributed by atoms with Crippen LogP contribution in [0.3, 0.4) is 0 Å². The largest absolute Gasteiger partial charge is 0.451 e. The standard InChI is InChI=1S/C22H18N2O4/c1-13-21(15-7-3-4-8-16(15)23-13)22(26)14(2)27-20(25)12-11-19-24-17-9-5-6-10-18(17)28-19/h3-12,14,23H,1-2H3/b12-11+/t14-/m1/s1. The summed E-state index contributed by atoms with van der Waals surface area (Å²) in [5.41, 5.74) is 3.50. The van der Waals surface area contributed by atoms with Gasteiger partial charge in [-0.1, -0.05) is 30.3 Å². The zero-order chi connectivity index (χ0) is 19.7. The third kappa shape index (κ3) is 3.32. The van der Waals surface area contributed by atoms with Crippen LogP contribution in [0.15, 0.2) is 59.0 Å². The number of Topliss-reactive ketones (excluding diaryl/α,β-unsaturated/α-hetero) is 1. The van der Waals surface area contributed by atoms with Crippen LogP contribution in [0, 0.1) is 6.92 Å². The number of ketones is 1. The van der Waals surface area contributed by atoms with Gasteiger partial charge in [-0.05, 0) is 32.0 Å². The van der Waals surface area contributed by atoms with Crippen molar-refractivity contribution in [3.05, 3.63) is 71.8 Å². The average Bonchev–Trinajstić information content (AvgIpc) is 3.25. The van der Waals surface area contributed by atoms with E-state index in [4.69, 9.17) is 9.15 Å². The number of fused-ring (bicyclic) bond motifs is 2. The number of para-hydroxylation sites is 3. The second-order valence-corrected chi connectivity index (χ2v) is 6.47. The van der Waals surface area contributed by atoms with Crippen LogP contribution in [0.4, 0.5) is 0 Å². The maximum Gasteiger partial charge on any atom is 0.331 e. The van der Waals surface area contributed by atoms with E-state index in [-0.39, 0.29) is 5.78 Å². The van der Waals surface area contributed by atoms with E-state index >= 15 is 0 Å². The molecule has 1 atom stereocenters. The summed E-state index contributed by atoms with van der Waals surface area (Å²) in [4.78, 5) is 32.4. The number of aryl methyl sites for hydroxylation is 1. The summed E-state index contributed by atoms with van der Waals surface area (Å²) in [5, 5.41) is 0.815. The highest BCUT2D eigenvalue weighted by Gasteiger charge is 2.23. The molecule has 28 heavy (non-hydrogen) atoms. The van der Waals surface area contributed by atoms with Gasteiger partial charge in [0.05, 0.1) is 0 Å². The first-order valence-corrected chi connectivity index (χ1v) is 8.88. The van der Waals surface area contributed by atoms with Crippen LogP contribution in [-0.2, 0) is 9.53 Å². The van der Waals surface area contributed by atoms with Crippen molar-refractivity contribution < 1.29 is 18.7 Å². The fraction of sp³-hybridized carbons (Fsp3) is 0.136. The molecule has 0 spiro atoms. The molecule has 2 heterocycles. The first kappa shape index (κ1) is 17.7. The number of benzene rings is 2. The predicted molar refractivity (Wildman–Crippen MR) is 106 cm³/mol. The van der Waals surface area contributed by atoms with Gasteiger partial charge >= 0.3 is 5.97 Å². The molecule has 6 heteroatoms. The number of nitrogens with one attached hydrogen (secondary N) is 1. The molecular formula is C22H18N2O4. The van der Waals surface area contributed by atoms with Crippen molar-refractivity contribution in [3.63, 3.8) is 0 Å². The quantitative estimate of drug-likeness (QED) is 0.317. The molecule has 0 radical (unpaired) electrons. The number of esters is 1. The lowest BCUT2D eigenvalue weighted by Crippen LogP contribution is -2.24. The summed E-state index contributed by atoms with van der Waals surface area (Å²) in [6.45, 7) is 3.39. The Morgan fingerprint density at radius 1 is 1.14 bits per heavy atom. The monoisotopic (exact) mass is 374 g/mol. The number of rotatable bonds is 5. The van der Waals surface area contributed by atoms with Crippen molar-refractivity contribution in [2.24, 2.45) is 0 Å². The van der Waals surface area contributed by atoms with Gasteiger partial charge in [-0.2, -0.15) is 0 Å². The Balaban J connectivity index is 1.47. The maximum atomic E-state index is 12.8. The predicted octanol–water partition coefficient (Wildman–Crippen LogP) is 4.45. The second-order valence-electron chi connectivity index (χ2n) is 6.47. The van der Waals surface area contributed by atoms with Crippen molar-refractivity contribution >= 4 is 39.8 Å². The molecule has 0 fully saturated rings. The minimum Gasteiger partial charge on any atom is -0.451 e. The molecule has 1 N–H and O–H groups in total. The minimum atomic E-state index is -0.918. The fourth-order valence-corrected chi connectivity index (χ4v) is 3.17. The van der Waals surface area contributed by atoms with Crippen LogP contribution in [0.25, 0.3) is 28.1 Å². The maximum absolute atomic E-state index is 12.8. The van der Waals surface area contributed by atoms with E-state index in [1.165, 1.54) is 12.2 Å². The van der Waals surface area contributed by atoms with Gasteiger partial charge < -0.3 is 14.1 Å². The molecule has 0 bridgehead atoms. The third-order valence-electron chi connectivity index (χ3n) is 4.47. The number of nitrogens with zero attached hydrogens (tertiary/aromatic N) is 1. The van der Waals surface area contributed by atoms with Gasteiger partial charge in [0.25, 0.3) is 0 Å². The van der Waals surface area contributed by atoms with Crippen molar-refractivity contribution in [2.75, 3.05) is 0 Å². The van der Waals surface area contributed by atoms with Crippen molar-refractivity contribution in [2.45, 2.75) is 20.0 Å². The Morgan fingerprint density at radius 3 is 2.71 bits per heavy atom. The number of aromatic amines is 1. The van der Waals surface area contributed by atoms with Crippen LogP contribution in [0.1, 0.15) is 28.9 Å². The SMILES string of the molecule is Cc1[nH]c2ccccc2c1C(=O)[C@@H](C)OC(=O)/C=C/c1nc2ccccc2o1. The summed E-state index contributed by atoms with van der Waals surface area (Å²) in [7, 11) is 0. The van der Waals surface area contributed by atoms with E-state index in [1.807, 2.05) is 49.4 Å². The molecule has 0 saturated heterocycles. The zero-order valence-corrected chi connectivity index (χ0v) is 15.4. The zero-order valence-electron chi connectivity index (χ0n) is 15.4. The fourth-order valence-electron chi connectivity index (χ4n) is 3.17. The number of hydrogen-bond donors (Lipinski definition) is 1. The molecular weight excluding hydrogens is 356 g/mol. The Morgan fingerprint density at radius 2 is 1.89 bits per heavy atom. The van der Waals surface area contributed by atoms with Gasteiger partial charge in [-0.3, -0.25) is 4.79 Å². The van der Waals surface area contributed by atoms with Gasteiger partial charge in [0, 0.05) is 34.3 Å². The topological polar surface area (TPSA) is 85.2 Å². The van der Waals surface area contributed by atoms with E-state index in [1.54, 1.807) is 13.0 Å². The van der Waals surface area contributed by atoms with Gasteiger partial charge in [-0.25, -0.2) is 9.78 Å². The first-order valence-electron chi connectivity index (χ1n) is 8.88. The van der Waals surface area contributed by atoms with Crippen LogP contribution >= 0.6 is 0 Å². The number of ether oxygens (including phenoxy) is 1. The van der Waals surface area contributed by atoms with Crippen LogP contribution in [-0.4, -0.2) is 27.8 Å². The smallest absolute Gasteiger partial charge is 0.331 e. The minimum absolute atomic E-state index is 0.251. The Labute approximate surface area is 160 Å². The van der Waals surface area contributed by atoms with E-state index in [0.29, 0.717) is 22.6 Å². The third-order valence-corrected chi connectivity index (χ3v) is 4.47. The molecule has 140 valence electrons. The molecule has 2 aromatic carbocycles. The molecule has 4 aromatic rings. The van der Waals surface area contributed by atoms with Crippen molar-refractivity contribution in [1.29, 1.82) is 0 Å². The van der Waals surface area contributed by atoms with Gasteiger partial charge in [0.2, 0.25) is 11.7 Å². The molecule has 6 nitrogen and oxygen atoms in total. The van der Waals surface area contributed by atoms with Gasteiger partial charge in [0.1, 0.15) is 5.52 Å². The number of oxazole rings is 1. The number of aromatic nitrogens is 2. The summed E-state index contributed by atoms with van der Waals surface area (Å²) < 4.78 is 10.8. The lowest BCUT2D eigenvalue weighted by molar-refractivity contribution is -0.140. The summed E-state index contributed by atoms with van der Waals surface area (Å²) >= 11 is 0. The summed E-state index contributed by atoms with van der Waals surface area (Å²) in [6, 6.07) is 14.8. The molecule has 4 rings (SSSR count). The highest BCUT2D eigenvalue weighted by Crippen LogP contribution is 2.24.